The highest BCUT2D eigenvalue weighted by molar-refractivity contribution is 6.31. The van der Waals surface area contributed by atoms with Crippen molar-refractivity contribution < 1.29 is 0 Å². The lowest BCUT2D eigenvalue weighted by molar-refractivity contribution is 0.314. The summed E-state index contributed by atoms with van der Waals surface area (Å²) in [5.74, 6) is 1.17. The highest BCUT2D eigenvalue weighted by Crippen LogP contribution is 2.25. The summed E-state index contributed by atoms with van der Waals surface area (Å²) in [6.45, 7) is 2.11. The third kappa shape index (κ3) is 2.87. The van der Waals surface area contributed by atoms with Crippen molar-refractivity contribution in [3.63, 3.8) is 0 Å². The first-order chi connectivity index (χ1) is 8.63. The molecule has 1 fully saturated rings. The number of alkyl halides is 1. The minimum Gasteiger partial charge on any atom is -0.358 e. The Morgan fingerprint density at radius 2 is 2.28 bits per heavy atom. The predicted octanol–water partition coefficient (Wildman–Crippen LogP) is 2.40. The maximum atomic E-state index is 6.05. The second-order valence-corrected chi connectivity index (χ2v) is 5.38. The van der Waals surface area contributed by atoms with E-state index >= 15 is 0 Å². The van der Waals surface area contributed by atoms with Crippen LogP contribution < -0.4 is 4.90 Å². The zero-order chi connectivity index (χ0) is 13.1. The summed E-state index contributed by atoms with van der Waals surface area (Å²) in [5.41, 5.74) is 0.809. The van der Waals surface area contributed by atoms with Crippen molar-refractivity contribution in [2.75, 3.05) is 32.1 Å². The number of hydrogen-bond donors (Lipinski definition) is 0. The van der Waals surface area contributed by atoms with E-state index in [1.165, 1.54) is 25.7 Å². The first kappa shape index (κ1) is 13.8. The number of aromatic nitrogens is 2. The Bertz CT molecular complexity index is 413. The second kappa shape index (κ2) is 6.04. The van der Waals surface area contributed by atoms with Crippen LogP contribution in [0.3, 0.4) is 0 Å². The van der Waals surface area contributed by atoms with Crippen LogP contribution in [0, 0.1) is 0 Å². The summed E-state index contributed by atoms with van der Waals surface area (Å²) in [6, 6.07) is 0.576. The fourth-order valence-electron chi connectivity index (χ4n) is 2.44. The van der Waals surface area contributed by atoms with Gasteiger partial charge in [0.15, 0.2) is 0 Å². The molecule has 2 heterocycles. The van der Waals surface area contributed by atoms with E-state index in [0.717, 1.165) is 17.9 Å². The largest absolute Gasteiger partial charge is 0.358 e. The van der Waals surface area contributed by atoms with Crippen molar-refractivity contribution >= 4 is 29.0 Å². The standard InChI is InChI=1S/C12H18Cl2N4/c1-17-5-3-4-9(17)7-18(2)12-10(6-13)11(14)15-8-16-12/h8-9H,3-7H2,1-2H3. The Labute approximate surface area is 118 Å². The average Bonchev–Trinajstić information content (AvgIpc) is 2.74. The first-order valence-electron chi connectivity index (χ1n) is 6.10. The van der Waals surface area contributed by atoms with E-state index in [2.05, 4.69) is 26.8 Å². The molecule has 18 heavy (non-hydrogen) atoms. The van der Waals surface area contributed by atoms with E-state index in [4.69, 9.17) is 23.2 Å². The van der Waals surface area contributed by atoms with Gasteiger partial charge in [-0.25, -0.2) is 9.97 Å². The van der Waals surface area contributed by atoms with Gasteiger partial charge in [0.25, 0.3) is 0 Å². The summed E-state index contributed by atoms with van der Waals surface area (Å²) >= 11 is 12.0. The van der Waals surface area contributed by atoms with Gasteiger partial charge in [-0.1, -0.05) is 11.6 Å². The van der Waals surface area contributed by atoms with Crippen LogP contribution in [-0.4, -0.2) is 48.1 Å². The molecule has 0 aromatic carbocycles. The molecule has 0 bridgehead atoms. The molecule has 1 aromatic rings. The highest BCUT2D eigenvalue weighted by Gasteiger charge is 2.23. The molecule has 0 spiro atoms. The van der Waals surface area contributed by atoms with E-state index in [9.17, 15) is 0 Å². The van der Waals surface area contributed by atoms with Crippen LogP contribution in [0.5, 0.6) is 0 Å². The van der Waals surface area contributed by atoms with Crippen LogP contribution in [-0.2, 0) is 5.88 Å². The summed E-state index contributed by atoms with van der Waals surface area (Å²) in [4.78, 5) is 12.8. The fraction of sp³-hybridized carbons (Fsp3) is 0.667. The van der Waals surface area contributed by atoms with Gasteiger partial charge in [0.05, 0.1) is 5.88 Å². The topological polar surface area (TPSA) is 32.3 Å². The normalized spacial score (nSPS) is 20.3. The molecule has 1 unspecified atom stereocenters. The summed E-state index contributed by atoms with van der Waals surface area (Å²) in [7, 11) is 4.20. The van der Waals surface area contributed by atoms with E-state index in [0.29, 0.717) is 17.1 Å². The number of hydrogen-bond acceptors (Lipinski definition) is 4. The first-order valence-corrected chi connectivity index (χ1v) is 7.01. The molecular formula is C12H18Cl2N4. The SMILES string of the molecule is CN(CC1CCCN1C)c1ncnc(Cl)c1CCl. The fourth-order valence-corrected chi connectivity index (χ4v) is 2.95. The van der Waals surface area contributed by atoms with Crippen molar-refractivity contribution in [1.29, 1.82) is 0 Å². The molecule has 1 aromatic heterocycles. The van der Waals surface area contributed by atoms with Crippen molar-refractivity contribution in [3.05, 3.63) is 17.0 Å². The van der Waals surface area contributed by atoms with Crippen LogP contribution in [0.25, 0.3) is 0 Å². The molecule has 2 rings (SSSR count). The molecule has 4 nitrogen and oxygen atoms in total. The third-order valence-electron chi connectivity index (χ3n) is 3.52. The zero-order valence-corrected chi connectivity index (χ0v) is 12.2. The molecule has 1 aliphatic heterocycles. The maximum Gasteiger partial charge on any atom is 0.138 e. The maximum absolute atomic E-state index is 6.05. The summed E-state index contributed by atoms with van der Waals surface area (Å²) < 4.78 is 0. The average molecular weight is 289 g/mol. The molecule has 6 heteroatoms. The van der Waals surface area contributed by atoms with Gasteiger partial charge in [0, 0.05) is 25.2 Å². The van der Waals surface area contributed by atoms with Crippen molar-refractivity contribution in [1.82, 2.24) is 14.9 Å². The van der Waals surface area contributed by atoms with Crippen molar-refractivity contribution in [3.8, 4) is 0 Å². The number of nitrogens with zero attached hydrogens (tertiary/aromatic N) is 4. The molecule has 0 saturated carbocycles. The molecule has 0 N–H and O–H groups in total. The Morgan fingerprint density at radius 3 is 2.89 bits per heavy atom. The van der Waals surface area contributed by atoms with E-state index < -0.39 is 0 Å². The van der Waals surface area contributed by atoms with Gasteiger partial charge in [-0.2, -0.15) is 0 Å². The van der Waals surface area contributed by atoms with Gasteiger partial charge in [-0.3, -0.25) is 0 Å². The lowest BCUT2D eigenvalue weighted by Crippen LogP contribution is -2.37. The summed E-state index contributed by atoms with van der Waals surface area (Å²) in [5, 5.41) is 0.446. The van der Waals surface area contributed by atoms with Crippen molar-refractivity contribution in [2.45, 2.75) is 24.8 Å². The summed E-state index contributed by atoms with van der Waals surface area (Å²) in [6.07, 6.45) is 3.99. The van der Waals surface area contributed by atoms with E-state index in [-0.39, 0.29) is 0 Å². The third-order valence-corrected chi connectivity index (χ3v) is 4.11. The van der Waals surface area contributed by atoms with Gasteiger partial charge < -0.3 is 9.80 Å². The number of likely N-dealkylation sites (tertiary alicyclic amines) is 1. The minimum atomic E-state index is 0.333. The lowest BCUT2D eigenvalue weighted by Gasteiger charge is -2.27. The van der Waals surface area contributed by atoms with Gasteiger partial charge in [-0.05, 0) is 26.4 Å². The Balaban J connectivity index is 2.13. The molecular weight excluding hydrogens is 271 g/mol. The Morgan fingerprint density at radius 1 is 1.50 bits per heavy atom. The van der Waals surface area contributed by atoms with Crippen molar-refractivity contribution in [2.24, 2.45) is 0 Å². The van der Waals surface area contributed by atoms with Gasteiger partial charge in [-0.15, -0.1) is 11.6 Å². The molecule has 1 aliphatic rings. The predicted molar refractivity (Wildman–Crippen MR) is 75.5 cm³/mol. The molecule has 0 radical (unpaired) electrons. The van der Waals surface area contributed by atoms with Crippen LogP contribution in [0.15, 0.2) is 6.33 Å². The molecule has 0 amide bonds. The monoisotopic (exact) mass is 288 g/mol. The van der Waals surface area contributed by atoms with Crippen LogP contribution in [0.1, 0.15) is 18.4 Å². The van der Waals surface area contributed by atoms with Crippen LogP contribution in [0.2, 0.25) is 5.15 Å². The Hall–Kier alpha value is -0.580. The van der Waals surface area contributed by atoms with Crippen LogP contribution >= 0.6 is 23.2 Å². The molecule has 100 valence electrons. The zero-order valence-electron chi connectivity index (χ0n) is 10.7. The number of anilines is 1. The highest BCUT2D eigenvalue weighted by atomic mass is 35.5. The van der Waals surface area contributed by atoms with E-state index in [1.807, 2.05) is 7.05 Å². The number of halogens is 2. The molecule has 0 aliphatic carbocycles. The van der Waals surface area contributed by atoms with Gasteiger partial charge in [0.1, 0.15) is 17.3 Å². The molecule has 1 saturated heterocycles. The molecule has 1 atom stereocenters. The number of rotatable bonds is 4. The number of likely N-dealkylation sites (N-methyl/N-ethyl adjacent to an activating group) is 2. The van der Waals surface area contributed by atoms with Gasteiger partial charge >= 0.3 is 0 Å². The Kier molecular flexibility index (Phi) is 4.65. The lowest BCUT2D eigenvalue weighted by atomic mass is 10.2. The smallest absolute Gasteiger partial charge is 0.138 e. The van der Waals surface area contributed by atoms with Gasteiger partial charge in [0.2, 0.25) is 0 Å². The second-order valence-electron chi connectivity index (χ2n) is 4.76. The minimum absolute atomic E-state index is 0.333. The van der Waals surface area contributed by atoms with Crippen LogP contribution in [0.4, 0.5) is 5.82 Å². The quantitative estimate of drug-likeness (QED) is 0.629. The van der Waals surface area contributed by atoms with E-state index in [1.54, 1.807) is 0 Å².